The number of rotatable bonds is 10. The zero-order chi connectivity index (χ0) is 17.1. The van der Waals surface area contributed by atoms with E-state index in [9.17, 15) is 19.8 Å². The first-order chi connectivity index (χ1) is 11.0. The molecule has 1 rings (SSSR count). The van der Waals surface area contributed by atoms with E-state index < -0.39 is 0 Å². The van der Waals surface area contributed by atoms with Gasteiger partial charge in [0.05, 0.1) is 6.42 Å². The molecule has 0 heterocycles. The van der Waals surface area contributed by atoms with Crippen molar-refractivity contribution in [1.29, 1.82) is 0 Å². The molecular formula is C16H25N3O4. The molecule has 23 heavy (non-hydrogen) atoms. The minimum Gasteiger partial charge on any atom is -0.508 e. The molecule has 0 bridgehead atoms. The van der Waals surface area contributed by atoms with Gasteiger partial charge >= 0.3 is 0 Å². The van der Waals surface area contributed by atoms with E-state index in [1.165, 1.54) is 18.2 Å². The number of unbranched alkanes of at least 4 members (excludes halogenated alkanes) is 2. The molecule has 6 N–H and O–H groups in total. The highest BCUT2D eigenvalue weighted by atomic mass is 16.3. The lowest BCUT2D eigenvalue weighted by molar-refractivity contribution is -0.121. The van der Waals surface area contributed by atoms with E-state index in [0.29, 0.717) is 31.6 Å². The molecule has 7 nitrogen and oxygen atoms in total. The van der Waals surface area contributed by atoms with Crippen LogP contribution in [0.2, 0.25) is 0 Å². The topological polar surface area (TPSA) is 125 Å². The fourth-order valence-corrected chi connectivity index (χ4v) is 2.05. The lowest BCUT2D eigenvalue weighted by atomic mass is 10.1. The molecule has 7 heteroatoms. The van der Waals surface area contributed by atoms with Crippen LogP contribution in [0.15, 0.2) is 18.2 Å². The van der Waals surface area contributed by atoms with Crippen LogP contribution < -0.4 is 16.4 Å². The number of benzene rings is 1. The van der Waals surface area contributed by atoms with E-state index in [-0.39, 0.29) is 29.7 Å². The van der Waals surface area contributed by atoms with Gasteiger partial charge in [-0.3, -0.25) is 9.59 Å². The van der Waals surface area contributed by atoms with Crippen LogP contribution in [0.1, 0.15) is 31.2 Å². The minimum absolute atomic E-state index is 0.00818. The summed E-state index contributed by atoms with van der Waals surface area (Å²) in [5, 5.41) is 24.5. The number of carbonyl (C=O) groups excluding carboxylic acids is 2. The summed E-state index contributed by atoms with van der Waals surface area (Å²) in [6.07, 6.45) is 2.91. The molecule has 1 aromatic rings. The number of hydrogen-bond donors (Lipinski definition) is 5. The molecule has 2 amide bonds. The van der Waals surface area contributed by atoms with E-state index in [1.807, 2.05) is 0 Å². The first kappa shape index (κ1) is 18.8. The highest BCUT2D eigenvalue weighted by molar-refractivity contribution is 5.79. The molecule has 0 radical (unpaired) electrons. The quantitative estimate of drug-likeness (QED) is 0.315. The van der Waals surface area contributed by atoms with Gasteiger partial charge in [-0.25, -0.2) is 0 Å². The molecule has 0 aliphatic carbocycles. The van der Waals surface area contributed by atoms with Crippen LogP contribution in [0.4, 0.5) is 0 Å². The van der Waals surface area contributed by atoms with Crippen molar-refractivity contribution < 1.29 is 19.8 Å². The summed E-state index contributed by atoms with van der Waals surface area (Å²) in [7, 11) is 0. The third-order valence-corrected chi connectivity index (χ3v) is 3.28. The Morgan fingerprint density at radius 2 is 1.65 bits per heavy atom. The van der Waals surface area contributed by atoms with Gasteiger partial charge in [-0.2, -0.15) is 0 Å². The highest BCUT2D eigenvalue weighted by Crippen LogP contribution is 2.22. The average molecular weight is 323 g/mol. The minimum atomic E-state index is -0.206. The molecule has 0 aliphatic rings. The second-order valence-corrected chi connectivity index (χ2v) is 5.29. The van der Waals surface area contributed by atoms with Gasteiger partial charge in [0.2, 0.25) is 11.8 Å². The zero-order valence-electron chi connectivity index (χ0n) is 13.2. The Hall–Kier alpha value is -2.28. The van der Waals surface area contributed by atoms with Crippen molar-refractivity contribution in [2.75, 3.05) is 19.6 Å². The number of nitrogens with two attached hydrogens (primary N) is 1. The lowest BCUT2D eigenvalue weighted by Crippen LogP contribution is -2.27. The fraction of sp³-hybridized carbons (Fsp3) is 0.500. The van der Waals surface area contributed by atoms with Crippen molar-refractivity contribution >= 4 is 11.8 Å². The van der Waals surface area contributed by atoms with Gasteiger partial charge in [0, 0.05) is 31.6 Å². The summed E-state index contributed by atoms with van der Waals surface area (Å²) in [4.78, 5) is 22.9. The van der Waals surface area contributed by atoms with Gasteiger partial charge in [0.15, 0.2) is 0 Å². The number of carbonyl (C=O) groups is 2. The van der Waals surface area contributed by atoms with Crippen molar-refractivity contribution in [3.63, 3.8) is 0 Å². The SMILES string of the molecule is NCCC(=O)NCCCCCNC(=O)Cc1cc(O)ccc1O. The molecule has 128 valence electrons. The lowest BCUT2D eigenvalue weighted by Gasteiger charge is -2.07. The first-order valence-corrected chi connectivity index (χ1v) is 7.77. The third kappa shape index (κ3) is 8.06. The van der Waals surface area contributed by atoms with Gasteiger partial charge in [-0.1, -0.05) is 0 Å². The van der Waals surface area contributed by atoms with Crippen molar-refractivity contribution in [2.45, 2.75) is 32.1 Å². The Morgan fingerprint density at radius 1 is 1.00 bits per heavy atom. The molecule has 1 aromatic carbocycles. The molecule has 0 aliphatic heterocycles. The molecule has 0 unspecified atom stereocenters. The zero-order valence-corrected chi connectivity index (χ0v) is 13.2. The van der Waals surface area contributed by atoms with Crippen LogP contribution in [-0.4, -0.2) is 41.7 Å². The molecule has 0 aromatic heterocycles. The van der Waals surface area contributed by atoms with Crippen LogP contribution in [0.25, 0.3) is 0 Å². The van der Waals surface area contributed by atoms with Crippen LogP contribution in [0.5, 0.6) is 11.5 Å². The number of phenolic OH excluding ortho intramolecular Hbond substituents is 2. The number of phenols is 2. The summed E-state index contributed by atoms with van der Waals surface area (Å²) in [6.45, 7) is 1.51. The monoisotopic (exact) mass is 323 g/mol. The largest absolute Gasteiger partial charge is 0.508 e. The number of hydrogen-bond acceptors (Lipinski definition) is 5. The molecular weight excluding hydrogens is 298 g/mol. The third-order valence-electron chi connectivity index (χ3n) is 3.28. The Balaban J connectivity index is 2.10. The predicted molar refractivity (Wildman–Crippen MR) is 87.0 cm³/mol. The number of amides is 2. The second-order valence-electron chi connectivity index (χ2n) is 5.29. The van der Waals surface area contributed by atoms with E-state index in [0.717, 1.165) is 19.3 Å². The van der Waals surface area contributed by atoms with Gasteiger partial charge in [-0.15, -0.1) is 0 Å². The Bertz CT molecular complexity index is 520. The van der Waals surface area contributed by atoms with Crippen molar-refractivity contribution in [3.8, 4) is 11.5 Å². The molecule has 0 fully saturated rings. The van der Waals surface area contributed by atoms with E-state index >= 15 is 0 Å². The van der Waals surface area contributed by atoms with Crippen LogP contribution in [-0.2, 0) is 16.0 Å². The molecule has 0 spiro atoms. The fourth-order valence-electron chi connectivity index (χ4n) is 2.05. The first-order valence-electron chi connectivity index (χ1n) is 7.77. The van der Waals surface area contributed by atoms with Crippen molar-refractivity contribution in [1.82, 2.24) is 10.6 Å². The maximum atomic E-state index is 11.8. The summed E-state index contributed by atoms with van der Waals surface area (Å²) in [5.41, 5.74) is 5.66. The molecule has 0 atom stereocenters. The smallest absolute Gasteiger partial charge is 0.224 e. The highest BCUT2D eigenvalue weighted by Gasteiger charge is 2.08. The summed E-state index contributed by atoms with van der Waals surface area (Å²) >= 11 is 0. The van der Waals surface area contributed by atoms with E-state index in [4.69, 9.17) is 5.73 Å². The standard InChI is InChI=1S/C16H25N3O4/c17-7-6-15(22)18-8-2-1-3-9-19-16(23)11-12-10-13(20)4-5-14(12)21/h4-5,10,20-21H,1-3,6-9,11,17H2,(H,18,22)(H,19,23). The Labute approximate surface area is 135 Å². The second kappa shape index (κ2) is 10.4. The van der Waals surface area contributed by atoms with Crippen LogP contribution >= 0.6 is 0 Å². The van der Waals surface area contributed by atoms with Crippen LogP contribution in [0, 0.1) is 0 Å². The Morgan fingerprint density at radius 3 is 2.30 bits per heavy atom. The summed E-state index contributed by atoms with van der Waals surface area (Å²) in [5.74, 6) is -0.234. The maximum Gasteiger partial charge on any atom is 0.224 e. The Kier molecular flexibility index (Phi) is 8.52. The molecule has 0 saturated heterocycles. The summed E-state index contributed by atoms with van der Waals surface area (Å²) < 4.78 is 0. The predicted octanol–water partition coefficient (Wildman–Crippen LogP) is 0.392. The van der Waals surface area contributed by atoms with Crippen LogP contribution in [0.3, 0.4) is 0 Å². The van der Waals surface area contributed by atoms with E-state index in [2.05, 4.69) is 10.6 Å². The number of aromatic hydroxyl groups is 2. The maximum absolute atomic E-state index is 11.8. The number of nitrogens with one attached hydrogen (secondary N) is 2. The normalized spacial score (nSPS) is 10.3. The molecule has 0 saturated carbocycles. The van der Waals surface area contributed by atoms with Gasteiger partial charge in [-0.05, 0) is 37.5 Å². The summed E-state index contributed by atoms with van der Waals surface area (Å²) in [6, 6.07) is 4.10. The van der Waals surface area contributed by atoms with E-state index in [1.54, 1.807) is 0 Å². The van der Waals surface area contributed by atoms with Crippen molar-refractivity contribution in [2.24, 2.45) is 5.73 Å². The average Bonchev–Trinajstić information content (AvgIpc) is 2.50. The van der Waals surface area contributed by atoms with Gasteiger partial charge in [0.1, 0.15) is 11.5 Å². The van der Waals surface area contributed by atoms with Crippen molar-refractivity contribution in [3.05, 3.63) is 23.8 Å². The van der Waals surface area contributed by atoms with Gasteiger partial charge in [0.25, 0.3) is 0 Å². The van der Waals surface area contributed by atoms with Gasteiger partial charge < -0.3 is 26.6 Å².